The van der Waals surface area contributed by atoms with Gasteiger partial charge in [0.05, 0.1) is 12.3 Å². The number of benzene rings is 1. The van der Waals surface area contributed by atoms with Crippen molar-refractivity contribution in [1.29, 1.82) is 0 Å². The summed E-state index contributed by atoms with van der Waals surface area (Å²) >= 11 is 1.46. The van der Waals surface area contributed by atoms with E-state index in [-0.39, 0.29) is 0 Å². The van der Waals surface area contributed by atoms with Gasteiger partial charge in [0.15, 0.2) is 5.13 Å². The zero-order valence-electron chi connectivity index (χ0n) is 10.1. The van der Waals surface area contributed by atoms with Gasteiger partial charge in [-0.2, -0.15) is 0 Å². The molecule has 0 saturated heterocycles. The van der Waals surface area contributed by atoms with Gasteiger partial charge in [0.25, 0.3) is 0 Å². The molecule has 0 saturated carbocycles. The highest BCUT2D eigenvalue weighted by atomic mass is 32.1. The number of thiazole rings is 1. The van der Waals surface area contributed by atoms with E-state index in [0.717, 1.165) is 23.4 Å². The first-order valence-corrected chi connectivity index (χ1v) is 6.59. The first-order chi connectivity index (χ1) is 8.24. The van der Waals surface area contributed by atoms with E-state index in [1.807, 2.05) is 24.4 Å². The van der Waals surface area contributed by atoms with Crippen molar-refractivity contribution < 1.29 is 4.74 Å². The number of rotatable bonds is 4. The van der Waals surface area contributed by atoms with Crippen LogP contribution in [0.1, 0.15) is 19.4 Å². The van der Waals surface area contributed by atoms with Crippen LogP contribution < -0.4 is 10.5 Å². The fraction of sp³-hybridized carbons (Fsp3) is 0.308. The number of hydrogen-bond donors (Lipinski definition) is 1. The van der Waals surface area contributed by atoms with Crippen LogP contribution in [0.5, 0.6) is 5.75 Å². The number of aryl methyl sites for hydroxylation is 1. The number of nitrogen functional groups attached to an aromatic ring is 1. The second kappa shape index (κ2) is 5.19. The zero-order chi connectivity index (χ0) is 12.3. The zero-order valence-corrected chi connectivity index (χ0v) is 10.9. The van der Waals surface area contributed by atoms with Crippen molar-refractivity contribution in [3.63, 3.8) is 0 Å². The molecule has 2 rings (SSSR count). The van der Waals surface area contributed by atoms with Crippen molar-refractivity contribution in [3.8, 4) is 17.0 Å². The lowest BCUT2D eigenvalue weighted by Crippen LogP contribution is -1.96. The number of anilines is 1. The lowest BCUT2D eigenvalue weighted by Gasteiger charge is -2.09. The number of ether oxygens (including phenoxy) is 1. The number of aromatic nitrogens is 1. The van der Waals surface area contributed by atoms with Crippen LogP contribution in [-0.4, -0.2) is 11.6 Å². The number of nitrogens with zero attached hydrogens (tertiary/aromatic N) is 1. The van der Waals surface area contributed by atoms with Gasteiger partial charge in [-0.25, -0.2) is 4.98 Å². The number of hydrogen-bond acceptors (Lipinski definition) is 4. The SMILES string of the molecule is CCOc1ccc(-c2csc(N)n2)cc1CC. The molecule has 0 aliphatic rings. The lowest BCUT2D eigenvalue weighted by molar-refractivity contribution is 0.337. The minimum atomic E-state index is 0.604. The van der Waals surface area contributed by atoms with E-state index < -0.39 is 0 Å². The predicted molar refractivity (Wildman–Crippen MR) is 72.5 cm³/mol. The molecule has 2 aromatic rings. The smallest absolute Gasteiger partial charge is 0.180 e. The third-order valence-corrected chi connectivity index (χ3v) is 3.23. The Kier molecular flexibility index (Phi) is 3.64. The first kappa shape index (κ1) is 11.9. The Morgan fingerprint density at radius 1 is 1.35 bits per heavy atom. The van der Waals surface area contributed by atoms with Gasteiger partial charge < -0.3 is 10.5 Å². The van der Waals surface area contributed by atoms with E-state index in [4.69, 9.17) is 10.5 Å². The summed E-state index contributed by atoms with van der Waals surface area (Å²) < 4.78 is 5.58. The van der Waals surface area contributed by atoms with Gasteiger partial charge in [-0.05, 0) is 37.1 Å². The molecule has 0 fully saturated rings. The molecule has 0 atom stereocenters. The Balaban J connectivity index is 2.37. The topological polar surface area (TPSA) is 48.1 Å². The maximum absolute atomic E-state index is 5.65. The van der Waals surface area contributed by atoms with E-state index in [1.54, 1.807) is 0 Å². The van der Waals surface area contributed by atoms with Crippen LogP contribution in [0.25, 0.3) is 11.3 Å². The predicted octanol–water partition coefficient (Wildman–Crippen LogP) is 3.35. The van der Waals surface area contributed by atoms with E-state index in [9.17, 15) is 0 Å². The van der Waals surface area contributed by atoms with Crippen LogP contribution in [0, 0.1) is 0 Å². The fourth-order valence-electron chi connectivity index (χ4n) is 1.73. The molecule has 0 amide bonds. The maximum Gasteiger partial charge on any atom is 0.180 e. The minimum Gasteiger partial charge on any atom is -0.494 e. The van der Waals surface area contributed by atoms with E-state index in [0.29, 0.717) is 11.7 Å². The highest BCUT2D eigenvalue weighted by Crippen LogP contribution is 2.28. The van der Waals surface area contributed by atoms with Gasteiger partial charge in [0.1, 0.15) is 5.75 Å². The third-order valence-electron chi connectivity index (χ3n) is 2.56. The molecule has 0 aliphatic carbocycles. The molecule has 2 N–H and O–H groups in total. The Labute approximate surface area is 105 Å². The standard InChI is InChI=1S/C13H16N2OS/c1-3-9-7-10(5-6-12(9)16-4-2)11-8-17-13(14)15-11/h5-8H,3-4H2,1-2H3,(H2,14,15). The van der Waals surface area contributed by atoms with Crippen molar-refractivity contribution in [2.45, 2.75) is 20.3 Å². The van der Waals surface area contributed by atoms with Crippen LogP contribution in [0.4, 0.5) is 5.13 Å². The highest BCUT2D eigenvalue weighted by molar-refractivity contribution is 7.13. The summed E-state index contributed by atoms with van der Waals surface area (Å²) in [5, 5.41) is 2.58. The van der Waals surface area contributed by atoms with Gasteiger partial charge >= 0.3 is 0 Å². The molecular formula is C13H16N2OS. The maximum atomic E-state index is 5.65. The second-order valence-electron chi connectivity index (χ2n) is 3.68. The molecule has 0 bridgehead atoms. The van der Waals surface area contributed by atoms with Gasteiger partial charge in [-0.15, -0.1) is 11.3 Å². The van der Waals surface area contributed by atoms with Crippen LogP contribution >= 0.6 is 11.3 Å². The largest absolute Gasteiger partial charge is 0.494 e. The summed E-state index contributed by atoms with van der Waals surface area (Å²) in [6.07, 6.45) is 0.947. The normalized spacial score (nSPS) is 10.5. The molecule has 0 unspecified atom stereocenters. The minimum absolute atomic E-state index is 0.604. The van der Waals surface area contributed by atoms with Gasteiger partial charge in [-0.1, -0.05) is 6.92 Å². The fourth-order valence-corrected chi connectivity index (χ4v) is 2.30. The van der Waals surface area contributed by atoms with Gasteiger partial charge in [0, 0.05) is 10.9 Å². The van der Waals surface area contributed by atoms with Gasteiger partial charge in [-0.3, -0.25) is 0 Å². The summed E-state index contributed by atoms with van der Waals surface area (Å²) in [6.45, 7) is 4.81. The Hall–Kier alpha value is -1.55. The number of nitrogens with two attached hydrogens (primary N) is 1. The third kappa shape index (κ3) is 2.58. The van der Waals surface area contributed by atoms with E-state index in [2.05, 4.69) is 18.0 Å². The molecule has 1 heterocycles. The lowest BCUT2D eigenvalue weighted by atomic mass is 10.1. The van der Waals surface area contributed by atoms with Gasteiger partial charge in [0.2, 0.25) is 0 Å². The highest BCUT2D eigenvalue weighted by Gasteiger charge is 2.07. The molecule has 1 aromatic heterocycles. The van der Waals surface area contributed by atoms with Crippen LogP contribution in [0.15, 0.2) is 23.6 Å². The molecule has 4 heteroatoms. The average Bonchev–Trinajstić information content (AvgIpc) is 2.77. The molecular weight excluding hydrogens is 232 g/mol. The molecule has 90 valence electrons. The van der Waals surface area contributed by atoms with E-state index in [1.165, 1.54) is 16.9 Å². The molecule has 0 spiro atoms. The first-order valence-electron chi connectivity index (χ1n) is 5.71. The summed E-state index contributed by atoms with van der Waals surface area (Å²) in [4.78, 5) is 4.29. The molecule has 17 heavy (non-hydrogen) atoms. The summed E-state index contributed by atoms with van der Waals surface area (Å²) in [7, 11) is 0. The average molecular weight is 248 g/mol. The Bertz CT molecular complexity index is 508. The van der Waals surface area contributed by atoms with Crippen LogP contribution in [-0.2, 0) is 6.42 Å². The monoisotopic (exact) mass is 248 g/mol. The molecule has 1 aromatic carbocycles. The summed E-state index contributed by atoms with van der Waals surface area (Å²) in [5.41, 5.74) is 8.88. The van der Waals surface area contributed by atoms with Crippen LogP contribution in [0.2, 0.25) is 0 Å². The molecule has 0 radical (unpaired) electrons. The van der Waals surface area contributed by atoms with Crippen molar-refractivity contribution >= 4 is 16.5 Å². The van der Waals surface area contributed by atoms with Crippen LogP contribution in [0.3, 0.4) is 0 Å². The Morgan fingerprint density at radius 2 is 2.18 bits per heavy atom. The molecule has 0 aliphatic heterocycles. The van der Waals surface area contributed by atoms with Crippen molar-refractivity contribution in [2.75, 3.05) is 12.3 Å². The summed E-state index contributed by atoms with van der Waals surface area (Å²) in [5.74, 6) is 0.960. The van der Waals surface area contributed by atoms with Crippen molar-refractivity contribution in [2.24, 2.45) is 0 Å². The van der Waals surface area contributed by atoms with Crippen molar-refractivity contribution in [3.05, 3.63) is 29.1 Å². The quantitative estimate of drug-likeness (QED) is 0.902. The van der Waals surface area contributed by atoms with E-state index >= 15 is 0 Å². The summed E-state index contributed by atoms with van der Waals surface area (Å²) in [6, 6.07) is 6.16. The second-order valence-corrected chi connectivity index (χ2v) is 4.57. The Morgan fingerprint density at radius 3 is 2.76 bits per heavy atom. The molecule has 3 nitrogen and oxygen atoms in total. The van der Waals surface area contributed by atoms with Crippen molar-refractivity contribution in [1.82, 2.24) is 4.98 Å².